The number of ether oxygens (including phenoxy) is 2. The maximum absolute atomic E-state index is 13.2. The van der Waals surface area contributed by atoms with Gasteiger partial charge in [0.15, 0.2) is 5.78 Å². The van der Waals surface area contributed by atoms with Crippen molar-refractivity contribution in [2.75, 3.05) is 6.61 Å². The van der Waals surface area contributed by atoms with E-state index in [1.54, 1.807) is 25.1 Å². The Morgan fingerprint density at radius 1 is 1.16 bits per heavy atom. The van der Waals surface area contributed by atoms with Crippen molar-refractivity contribution in [3.05, 3.63) is 59.2 Å². The molecule has 0 aliphatic carbocycles. The predicted molar refractivity (Wildman–Crippen MR) is 107 cm³/mol. The van der Waals surface area contributed by atoms with E-state index in [0.717, 1.165) is 4.90 Å². The molecule has 0 saturated carbocycles. The fourth-order valence-electron chi connectivity index (χ4n) is 3.39. The molecule has 0 unspecified atom stereocenters. The number of nitrogens with one attached hydrogen (secondary N) is 1. The zero-order valence-electron chi connectivity index (χ0n) is 17.3. The summed E-state index contributed by atoms with van der Waals surface area (Å²) in [4.78, 5) is 38.6. The second-order valence-electron chi connectivity index (χ2n) is 7.16. The van der Waals surface area contributed by atoms with Crippen LogP contribution < -0.4 is 14.8 Å². The van der Waals surface area contributed by atoms with Crippen LogP contribution >= 0.6 is 0 Å². The molecular formula is C22H22F2N2O5. The van der Waals surface area contributed by atoms with E-state index in [4.69, 9.17) is 4.74 Å². The van der Waals surface area contributed by atoms with Crippen molar-refractivity contribution in [1.29, 1.82) is 0 Å². The summed E-state index contributed by atoms with van der Waals surface area (Å²) >= 11 is 0. The minimum Gasteiger partial charge on any atom is -0.494 e. The molecule has 3 amide bonds. The number of halogens is 2. The summed E-state index contributed by atoms with van der Waals surface area (Å²) in [6, 6.07) is 9.74. The lowest BCUT2D eigenvalue weighted by Gasteiger charge is -2.23. The van der Waals surface area contributed by atoms with Gasteiger partial charge in [-0.05, 0) is 56.7 Å². The van der Waals surface area contributed by atoms with Crippen LogP contribution in [0.1, 0.15) is 42.3 Å². The number of benzene rings is 2. The Balaban J connectivity index is 1.88. The summed E-state index contributed by atoms with van der Waals surface area (Å²) < 4.78 is 34.6. The van der Waals surface area contributed by atoms with Crippen LogP contribution in [0.25, 0.3) is 0 Å². The standard InChI is InChI=1S/C22H22F2N2O5/c1-4-30-18-10-5-14(13(2)27)11-15(18)12-26-19(28)22(3,25-21(26)29)16-6-8-17(9-7-16)31-20(23)24/h5-11,20H,4,12H2,1-3H3,(H,25,29)/t22-/m1/s1. The maximum Gasteiger partial charge on any atom is 0.387 e. The van der Waals surface area contributed by atoms with Crippen LogP contribution in [-0.2, 0) is 16.9 Å². The fourth-order valence-corrected chi connectivity index (χ4v) is 3.39. The summed E-state index contributed by atoms with van der Waals surface area (Å²) in [6.07, 6.45) is 0. The van der Waals surface area contributed by atoms with Gasteiger partial charge in [-0.25, -0.2) is 4.79 Å². The Labute approximate surface area is 177 Å². The number of rotatable bonds is 8. The molecule has 0 aromatic heterocycles. The van der Waals surface area contributed by atoms with Crippen molar-refractivity contribution in [2.45, 2.75) is 39.5 Å². The highest BCUT2D eigenvalue weighted by atomic mass is 19.3. The van der Waals surface area contributed by atoms with Gasteiger partial charge in [0.2, 0.25) is 0 Å². The summed E-state index contributed by atoms with van der Waals surface area (Å²) in [5.41, 5.74) is -0.0203. The number of hydrogen-bond acceptors (Lipinski definition) is 5. The van der Waals surface area contributed by atoms with Gasteiger partial charge in [0.05, 0.1) is 13.2 Å². The van der Waals surface area contributed by atoms with Gasteiger partial charge in [-0.2, -0.15) is 8.78 Å². The normalized spacial score (nSPS) is 18.3. The molecule has 7 nitrogen and oxygen atoms in total. The molecule has 1 aliphatic rings. The van der Waals surface area contributed by atoms with Crippen molar-refractivity contribution in [3.8, 4) is 11.5 Å². The van der Waals surface area contributed by atoms with Crippen LogP contribution in [-0.4, -0.2) is 35.8 Å². The minimum absolute atomic E-state index is 0.0571. The molecule has 9 heteroatoms. The first kappa shape index (κ1) is 22.2. The van der Waals surface area contributed by atoms with E-state index in [9.17, 15) is 23.2 Å². The van der Waals surface area contributed by atoms with E-state index in [0.29, 0.717) is 29.0 Å². The van der Waals surface area contributed by atoms with Crippen molar-refractivity contribution in [3.63, 3.8) is 0 Å². The van der Waals surface area contributed by atoms with Crippen LogP contribution in [0.4, 0.5) is 13.6 Å². The van der Waals surface area contributed by atoms with E-state index in [2.05, 4.69) is 10.1 Å². The molecule has 0 bridgehead atoms. The topological polar surface area (TPSA) is 84.9 Å². The minimum atomic E-state index is -2.96. The summed E-state index contributed by atoms with van der Waals surface area (Å²) in [5, 5.41) is 2.66. The molecule has 1 aliphatic heterocycles. The molecule has 3 rings (SSSR count). The molecule has 1 heterocycles. The SMILES string of the molecule is CCOc1ccc(C(C)=O)cc1CN1C(=O)N[C@](C)(c2ccc(OC(F)F)cc2)C1=O. The van der Waals surface area contributed by atoms with Gasteiger partial charge in [0.25, 0.3) is 5.91 Å². The monoisotopic (exact) mass is 432 g/mol. The highest BCUT2D eigenvalue weighted by Crippen LogP contribution is 2.32. The van der Waals surface area contributed by atoms with Gasteiger partial charge >= 0.3 is 12.6 Å². The third-order valence-electron chi connectivity index (χ3n) is 5.03. The third kappa shape index (κ3) is 4.50. The summed E-state index contributed by atoms with van der Waals surface area (Å²) in [5.74, 6) is -0.262. The van der Waals surface area contributed by atoms with Crippen LogP contribution in [0.2, 0.25) is 0 Å². The number of carbonyl (C=O) groups excluding carboxylic acids is 3. The lowest BCUT2D eigenvalue weighted by atomic mass is 9.92. The van der Waals surface area contributed by atoms with Crippen molar-refractivity contribution < 1.29 is 32.6 Å². The third-order valence-corrected chi connectivity index (χ3v) is 5.03. The van der Waals surface area contributed by atoms with E-state index in [1.165, 1.54) is 38.1 Å². The summed E-state index contributed by atoms with van der Waals surface area (Å²) in [7, 11) is 0. The number of alkyl halides is 2. The van der Waals surface area contributed by atoms with Gasteiger partial charge in [-0.15, -0.1) is 0 Å². The lowest BCUT2D eigenvalue weighted by molar-refractivity contribution is -0.131. The van der Waals surface area contributed by atoms with Gasteiger partial charge in [0.1, 0.15) is 17.0 Å². The number of ketones is 1. The molecule has 31 heavy (non-hydrogen) atoms. The molecule has 164 valence electrons. The van der Waals surface area contributed by atoms with Crippen molar-refractivity contribution >= 4 is 17.7 Å². The lowest BCUT2D eigenvalue weighted by Crippen LogP contribution is -2.40. The van der Waals surface area contributed by atoms with Crippen LogP contribution in [0.5, 0.6) is 11.5 Å². The van der Waals surface area contributed by atoms with Gasteiger partial charge < -0.3 is 14.8 Å². The Bertz CT molecular complexity index is 1010. The molecule has 0 spiro atoms. The molecule has 1 saturated heterocycles. The largest absolute Gasteiger partial charge is 0.494 e. The Morgan fingerprint density at radius 2 is 1.84 bits per heavy atom. The fraction of sp³-hybridized carbons (Fsp3) is 0.318. The van der Waals surface area contributed by atoms with E-state index in [-0.39, 0.29) is 18.1 Å². The van der Waals surface area contributed by atoms with Gasteiger partial charge in [0, 0.05) is 11.1 Å². The highest BCUT2D eigenvalue weighted by Gasteiger charge is 2.49. The van der Waals surface area contributed by atoms with Gasteiger partial charge in [-0.3, -0.25) is 14.5 Å². The number of imide groups is 1. The van der Waals surface area contributed by atoms with Crippen LogP contribution in [0, 0.1) is 0 Å². The number of urea groups is 1. The van der Waals surface area contributed by atoms with Crippen LogP contribution in [0.3, 0.4) is 0 Å². The first-order valence-corrected chi connectivity index (χ1v) is 9.61. The molecule has 2 aromatic carbocycles. The second-order valence-corrected chi connectivity index (χ2v) is 7.16. The Kier molecular flexibility index (Phi) is 6.24. The average molecular weight is 432 g/mol. The van der Waals surface area contributed by atoms with Crippen LogP contribution in [0.15, 0.2) is 42.5 Å². The zero-order chi connectivity index (χ0) is 22.8. The number of carbonyl (C=O) groups is 3. The molecule has 2 aromatic rings. The number of nitrogens with zero attached hydrogens (tertiary/aromatic N) is 1. The first-order valence-electron chi connectivity index (χ1n) is 9.61. The molecule has 1 N–H and O–H groups in total. The van der Waals surface area contributed by atoms with Crippen molar-refractivity contribution in [1.82, 2.24) is 10.2 Å². The first-order chi connectivity index (χ1) is 14.7. The smallest absolute Gasteiger partial charge is 0.387 e. The van der Waals surface area contributed by atoms with E-state index in [1.807, 2.05) is 0 Å². The predicted octanol–water partition coefficient (Wildman–Crippen LogP) is 3.86. The number of amides is 3. The van der Waals surface area contributed by atoms with Gasteiger partial charge in [-0.1, -0.05) is 12.1 Å². The molecule has 1 atom stereocenters. The van der Waals surface area contributed by atoms with E-state index < -0.39 is 24.1 Å². The highest BCUT2D eigenvalue weighted by molar-refractivity contribution is 6.07. The Hall–Kier alpha value is -3.49. The second kappa shape index (κ2) is 8.71. The van der Waals surface area contributed by atoms with Crippen molar-refractivity contribution in [2.24, 2.45) is 0 Å². The zero-order valence-corrected chi connectivity index (χ0v) is 17.3. The maximum atomic E-state index is 13.2. The number of Topliss-reactive ketones (excluding diaryl/α,β-unsaturated/α-hetero) is 1. The molecule has 0 radical (unpaired) electrons. The molecular weight excluding hydrogens is 410 g/mol. The number of hydrogen-bond donors (Lipinski definition) is 1. The average Bonchev–Trinajstić information content (AvgIpc) is 2.93. The summed E-state index contributed by atoms with van der Waals surface area (Å²) in [6.45, 7) is 2.07. The quantitative estimate of drug-likeness (QED) is 0.506. The Morgan fingerprint density at radius 3 is 2.42 bits per heavy atom. The van der Waals surface area contributed by atoms with E-state index >= 15 is 0 Å². The molecule has 1 fully saturated rings.